The van der Waals surface area contributed by atoms with Crippen LogP contribution in [0.15, 0.2) is 42.5 Å². The van der Waals surface area contributed by atoms with E-state index >= 15 is 0 Å². The Morgan fingerprint density at radius 2 is 1.86 bits per heavy atom. The number of para-hydroxylation sites is 2. The fourth-order valence-electron chi connectivity index (χ4n) is 3.28. The van der Waals surface area contributed by atoms with E-state index in [-0.39, 0.29) is 5.75 Å². The SMILES string of the molecule is CCCCS(=O)(=O)NC(CC)c1nc2ccccc2n1Cc1ccc(Cl)c(Cl)c1. The molecule has 0 aliphatic heterocycles. The zero-order valence-electron chi connectivity index (χ0n) is 16.5. The number of aromatic nitrogens is 2. The van der Waals surface area contributed by atoms with Crippen molar-refractivity contribution < 1.29 is 8.42 Å². The molecular formula is C21H25Cl2N3O2S. The number of nitrogens with zero attached hydrogens (tertiary/aromatic N) is 2. The summed E-state index contributed by atoms with van der Waals surface area (Å²) in [5.41, 5.74) is 2.74. The first kappa shape index (κ1) is 22.1. The van der Waals surface area contributed by atoms with Gasteiger partial charge >= 0.3 is 0 Å². The zero-order valence-corrected chi connectivity index (χ0v) is 18.9. The molecule has 29 heavy (non-hydrogen) atoms. The van der Waals surface area contributed by atoms with Crippen LogP contribution in [0.1, 0.15) is 50.5 Å². The molecule has 0 aliphatic rings. The lowest BCUT2D eigenvalue weighted by molar-refractivity contribution is 0.522. The van der Waals surface area contributed by atoms with Gasteiger partial charge in [0.15, 0.2) is 0 Å². The second-order valence-corrected chi connectivity index (χ2v) is 9.73. The first-order valence-electron chi connectivity index (χ1n) is 9.73. The standard InChI is InChI=1S/C21H25Cl2N3O2S/c1-3-5-12-29(27,28)25-18(4-2)21-24-19-8-6-7-9-20(19)26(21)14-15-10-11-16(22)17(23)13-15/h6-11,13,18,25H,3-5,12,14H2,1-2H3. The van der Waals surface area contributed by atoms with Gasteiger partial charge in [0.05, 0.1) is 32.9 Å². The van der Waals surface area contributed by atoms with Gasteiger partial charge in [-0.05, 0) is 42.7 Å². The van der Waals surface area contributed by atoms with Gasteiger partial charge in [0.1, 0.15) is 5.82 Å². The Balaban J connectivity index is 2.02. The number of imidazole rings is 1. The van der Waals surface area contributed by atoms with Crippen molar-refractivity contribution in [3.63, 3.8) is 0 Å². The van der Waals surface area contributed by atoms with Gasteiger partial charge in [0.2, 0.25) is 10.0 Å². The molecule has 3 rings (SSSR count). The molecule has 2 aromatic carbocycles. The van der Waals surface area contributed by atoms with Gasteiger partial charge in [-0.15, -0.1) is 0 Å². The van der Waals surface area contributed by atoms with Gasteiger partial charge in [-0.3, -0.25) is 0 Å². The maximum absolute atomic E-state index is 12.5. The van der Waals surface area contributed by atoms with E-state index in [1.54, 1.807) is 6.07 Å². The van der Waals surface area contributed by atoms with Crippen LogP contribution < -0.4 is 4.72 Å². The van der Waals surface area contributed by atoms with Crippen molar-refractivity contribution in [1.29, 1.82) is 0 Å². The van der Waals surface area contributed by atoms with Gasteiger partial charge in [-0.2, -0.15) is 0 Å². The van der Waals surface area contributed by atoms with E-state index in [1.165, 1.54) is 0 Å². The van der Waals surface area contributed by atoms with Gasteiger partial charge in [-0.1, -0.05) is 61.7 Å². The van der Waals surface area contributed by atoms with Crippen LogP contribution in [0, 0.1) is 0 Å². The molecule has 0 saturated heterocycles. The van der Waals surface area contributed by atoms with Gasteiger partial charge in [0.25, 0.3) is 0 Å². The van der Waals surface area contributed by atoms with Crippen LogP contribution in [0.2, 0.25) is 10.0 Å². The summed E-state index contributed by atoms with van der Waals surface area (Å²) < 4.78 is 29.9. The molecule has 1 atom stereocenters. The summed E-state index contributed by atoms with van der Waals surface area (Å²) in [6.07, 6.45) is 2.05. The molecule has 3 aromatic rings. The Labute approximate surface area is 182 Å². The van der Waals surface area contributed by atoms with E-state index in [1.807, 2.05) is 54.8 Å². The minimum atomic E-state index is -3.38. The molecule has 0 bridgehead atoms. The third kappa shape index (κ3) is 5.31. The molecule has 8 heteroatoms. The molecular weight excluding hydrogens is 429 g/mol. The van der Waals surface area contributed by atoms with Crippen molar-refractivity contribution in [2.24, 2.45) is 0 Å². The predicted octanol–water partition coefficient (Wildman–Crippen LogP) is 5.56. The number of fused-ring (bicyclic) bond motifs is 1. The Bertz CT molecular complexity index is 1100. The highest BCUT2D eigenvalue weighted by Gasteiger charge is 2.23. The first-order valence-corrected chi connectivity index (χ1v) is 12.1. The number of benzene rings is 2. The van der Waals surface area contributed by atoms with Crippen molar-refractivity contribution in [2.75, 3.05) is 5.75 Å². The highest BCUT2D eigenvalue weighted by molar-refractivity contribution is 7.89. The Morgan fingerprint density at radius 1 is 1.10 bits per heavy atom. The smallest absolute Gasteiger partial charge is 0.212 e. The predicted molar refractivity (Wildman–Crippen MR) is 120 cm³/mol. The maximum atomic E-state index is 12.5. The van der Waals surface area contributed by atoms with Crippen molar-refractivity contribution in [3.05, 3.63) is 63.9 Å². The van der Waals surface area contributed by atoms with Gasteiger partial charge in [0, 0.05) is 6.54 Å². The minimum absolute atomic E-state index is 0.118. The average molecular weight is 454 g/mol. The monoisotopic (exact) mass is 453 g/mol. The van der Waals surface area contributed by atoms with Crippen molar-refractivity contribution >= 4 is 44.3 Å². The lowest BCUT2D eigenvalue weighted by atomic mass is 10.2. The van der Waals surface area contributed by atoms with Gasteiger partial charge in [-0.25, -0.2) is 18.1 Å². The van der Waals surface area contributed by atoms with E-state index in [4.69, 9.17) is 28.2 Å². The maximum Gasteiger partial charge on any atom is 0.212 e. The minimum Gasteiger partial charge on any atom is -0.322 e. The molecule has 1 unspecified atom stereocenters. The van der Waals surface area contributed by atoms with E-state index < -0.39 is 16.1 Å². The van der Waals surface area contributed by atoms with E-state index in [2.05, 4.69) is 4.72 Å². The number of hydrogen-bond acceptors (Lipinski definition) is 3. The zero-order chi connectivity index (χ0) is 21.0. The molecule has 5 nitrogen and oxygen atoms in total. The molecule has 0 aliphatic carbocycles. The Kier molecular flexibility index (Phi) is 7.22. The summed E-state index contributed by atoms with van der Waals surface area (Å²) in [6, 6.07) is 12.9. The summed E-state index contributed by atoms with van der Waals surface area (Å²) in [7, 11) is -3.38. The number of hydrogen-bond donors (Lipinski definition) is 1. The molecule has 0 radical (unpaired) electrons. The van der Waals surface area contributed by atoms with Crippen LogP contribution in [0.4, 0.5) is 0 Å². The van der Waals surface area contributed by atoms with Crippen molar-refractivity contribution in [2.45, 2.75) is 45.7 Å². The molecule has 1 heterocycles. The Morgan fingerprint density at radius 3 is 2.55 bits per heavy atom. The van der Waals surface area contributed by atoms with Crippen LogP contribution in [-0.2, 0) is 16.6 Å². The largest absolute Gasteiger partial charge is 0.322 e. The van der Waals surface area contributed by atoms with Crippen LogP contribution in [0.25, 0.3) is 11.0 Å². The van der Waals surface area contributed by atoms with Crippen LogP contribution in [0.5, 0.6) is 0 Å². The topological polar surface area (TPSA) is 64.0 Å². The van der Waals surface area contributed by atoms with Crippen molar-refractivity contribution in [1.82, 2.24) is 14.3 Å². The summed E-state index contributed by atoms with van der Waals surface area (Å²) >= 11 is 12.2. The molecule has 1 N–H and O–H groups in total. The number of rotatable bonds is 9. The summed E-state index contributed by atoms with van der Waals surface area (Å²) in [5.74, 6) is 0.812. The summed E-state index contributed by atoms with van der Waals surface area (Å²) in [5, 5.41) is 0.990. The van der Waals surface area contributed by atoms with Crippen molar-refractivity contribution in [3.8, 4) is 0 Å². The third-order valence-electron chi connectivity index (χ3n) is 4.82. The van der Waals surface area contributed by atoms with E-state index in [0.717, 1.165) is 23.0 Å². The number of sulfonamides is 1. The molecule has 0 saturated carbocycles. The summed E-state index contributed by atoms with van der Waals surface area (Å²) in [6.45, 7) is 4.44. The number of halogens is 2. The fraction of sp³-hybridized carbons (Fsp3) is 0.381. The molecule has 0 amide bonds. The number of nitrogens with one attached hydrogen (secondary N) is 1. The second-order valence-electron chi connectivity index (χ2n) is 7.04. The lowest BCUT2D eigenvalue weighted by Crippen LogP contribution is -2.32. The quantitative estimate of drug-likeness (QED) is 0.460. The molecule has 1 aromatic heterocycles. The Hall–Kier alpha value is -1.60. The average Bonchev–Trinajstić information content (AvgIpc) is 3.06. The summed E-state index contributed by atoms with van der Waals surface area (Å²) in [4.78, 5) is 4.76. The van der Waals surface area contributed by atoms with Crippen LogP contribution >= 0.6 is 23.2 Å². The second kappa shape index (κ2) is 9.47. The van der Waals surface area contributed by atoms with Crippen LogP contribution in [-0.4, -0.2) is 23.7 Å². The van der Waals surface area contributed by atoms with Gasteiger partial charge < -0.3 is 4.57 Å². The van der Waals surface area contributed by atoms with Crippen LogP contribution in [0.3, 0.4) is 0 Å². The molecule has 0 spiro atoms. The van der Waals surface area contributed by atoms with E-state index in [0.29, 0.717) is 35.3 Å². The highest BCUT2D eigenvalue weighted by Crippen LogP contribution is 2.27. The van der Waals surface area contributed by atoms with E-state index in [9.17, 15) is 8.42 Å². The molecule has 0 fully saturated rings. The molecule has 156 valence electrons. The first-order chi connectivity index (χ1) is 13.8. The highest BCUT2D eigenvalue weighted by atomic mass is 35.5. The third-order valence-corrected chi connectivity index (χ3v) is 7.03. The fourth-order valence-corrected chi connectivity index (χ4v) is 5.09. The normalized spacial score (nSPS) is 13.1. The lowest BCUT2D eigenvalue weighted by Gasteiger charge is -2.19. The number of unbranched alkanes of at least 4 members (excludes halogenated alkanes) is 1.